The first-order valence-electron chi connectivity index (χ1n) is 10.2. The number of rotatable bonds is 5. The zero-order chi connectivity index (χ0) is 21.9. The molecule has 0 bridgehead atoms. The van der Waals surface area contributed by atoms with E-state index in [1.807, 2.05) is 32.1 Å². The van der Waals surface area contributed by atoms with Gasteiger partial charge in [-0.2, -0.15) is 15.8 Å². The lowest BCUT2D eigenvalue weighted by atomic mass is 9.54. The van der Waals surface area contributed by atoms with E-state index in [9.17, 15) is 15.8 Å². The number of fused-ring (bicyclic) bond motifs is 1. The minimum Gasteiger partial charge on any atom is -0.490 e. The number of nitrogens with zero attached hydrogens (tertiary/aromatic N) is 3. The fraction of sp³-hybridized carbons (Fsp3) is 0.478. The van der Waals surface area contributed by atoms with Crippen molar-refractivity contribution < 1.29 is 14.4 Å². The predicted octanol–water partition coefficient (Wildman–Crippen LogP) is 1.85. The number of hydrogen-bond acceptors (Lipinski definition) is 6. The Labute approximate surface area is 177 Å². The van der Waals surface area contributed by atoms with Crippen molar-refractivity contribution in [2.45, 2.75) is 19.8 Å². The van der Waals surface area contributed by atoms with E-state index < -0.39 is 17.3 Å². The summed E-state index contributed by atoms with van der Waals surface area (Å²) in [6.45, 7) is 6.15. The van der Waals surface area contributed by atoms with Crippen LogP contribution in [0.25, 0.3) is 0 Å². The van der Waals surface area contributed by atoms with Crippen molar-refractivity contribution in [3.05, 3.63) is 35.4 Å². The summed E-state index contributed by atoms with van der Waals surface area (Å²) in [6.07, 6.45) is 2.01. The monoisotopic (exact) mass is 404 g/mol. The highest BCUT2D eigenvalue weighted by atomic mass is 16.5. The van der Waals surface area contributed by atoms with Crippen LogP contribution in [-0.4, -0.2) is 39.1 Å². The molecule has 7 heteroatoms. The van der Waals surface area contributed by atoms with Crippen LogP contribution in [0.4, 0.5) is 0 Å². The average Bonchev–Trinajstić information content (AvgIpc) is 2.75. The molecule has 0 saturated heterocycles. The molecule has 0 aromatic heterocycles. The first-order valence-corrected chi connectivity index (χ1v) is 10.2. The molecule has 0 amide bonds. The molecule has 0 radical (unpaired) electrons. The van der Waals surface area contributed by atoms with E-state index in [0.717, 1.165) is 17.7 Å². The molecule has 2 N–H and O–H groups in total. The van der Waals surface area contributed by atoms with Crippen molar-refractivity contribution in [1.82, 2.24) is 0 Å². The number of benzene rings is 1. The van der Waals surface area contributed by atoms with Gasteiger partial charge in [0.2, 0.25) is 0 Å². The Kier molecular flexibility index (Phi) is 6.11. The zero-order valence-corrected chi connectivity index (χ0v) is 17.5. The summed E-state index contributed by atoms with van der Waals surface area (Å²) in [4.78, 5) is 1.24. The highest BCUT2D eigenvalue weighted by Gasteiger charge is 2.58. The average molecular weight is 404 g/mol. The van der Waals surface area contributed by atoms with Crippen molar-refractivity contribution in [3.63, 3.8) is 0 Å². The van der Waals surface area contributed by atoms with Crippen LogP contribution in [0.5, 0.6) is 11.5 Å². The van der Waals surface area contributed by atoms with Crippen LogP contribution in [-0.2, 0) is 0 Å². The van der Waals surface area contributed by atoms with Crippen molar-refractivity contribution in [3.8, 4) is 29.7 Å². The number of quaternary nitrogens is 1. The molecule has 154 valence electrons. The predicted molar refractivity (Wildman–Crippen MR) is 110 cm³/mol. The number of likely N-dealkylation sites (N-methyl/N-ethyl adjacent to an activating group) is 1. The molecule has 1 aromatic carbocycles. The molecule has 1 saturated carbocycles. The number of ether oxygens (including phenoxy) is 2. The molecule has 3 rings (SSSR count). The summed E-state index contributed by atoms with van der Waals surface area (Å²) in [5, 5.41) is 38.7. The van der Waals surface area contributed by atoms with Gasteiger partial charge in [0.25, 0.3) is 0 Å². The third kappa shape index (κ3) is 3.30. The van der Waals surface area contributed by atoms with Crippen LogP contribution in [0.15, 0.2) is 29.8 Å². The van der Waals surface area contributed by atoms with E-state index >= 15 is 0 Å². The Morgan fingerprint density at radius 1 is 1.13 bits per heavy atom. The van der Waals surface area contributed by atoms with Gasteiger partial charge < -0.3 is 19.8 Å². The molecular weight excluding hydrogens is 378 g/mol. The third-order valence-corrected chi connectivity index (χ3v) is 6.01. The largest absolute Gasteiger partial charge is 0.490 e. The first kappa shape index (κ1) is 21.4. The van der Waals surface area contributed by atoms with E-state index in [1.165, 1.54) is 4.90 Å². The van der Waals surface area contributed by atoms with E-state index in [4.69, 9.17) is 14.9 Å². The Morgan fingerprint density at radius 3 is 2.40 bits per heavy atom. The van der Waals surface area contributed by atoms with E-state index in [-0.39, 0.29) is 11.6 Å². The lowest BCUT2D eigenvalue weighted by molar-refractivity contribution is -0.878. The van der Waals surface area contributed by atoms with E-state index in [0.29, 0.717) is 31.3 Å². The minimum atomic E-state index is -1.71. The third-order valence-electron chi connectivity index (χ3n) is 6.01. The van der Waals surface area contributed by atoms with Crippen molar-refractivity contribution >= 4 is 5.71 Å². The molecule has 7 nitrogen and oxygen atoms in total. The minimum absolute atomic E-state index is 0.131. The Hall–Kier alpha value is -3.34. The van der Waals surface area contributed by atoms with Crippen LogP contribution < -0.4 is 14.4 Å². The van der Waals surface area contributed by atoms with Gasteiger partial charge in [-0.1, -0.05) is 6.07 Å². The fourth-order valence-corrected chi connectivity index (χ4v) is 4.69. The first-order chi connectivity index (χ1) is 14.5. The second kappa shape index (κ2) is 8.57. The van der Waals surface area contributed by atoms with Crippen LogP contribution in [0.2, 0.25) is 0 Å². The van der Waals surface area contributed by atoms with Gasteiger partial charge in [-0.15, -0.1) is 0 Å². The molecule has 4 atom stereocenters. The number of nitriles is 3. The van der Waals surface area contributed by atoms with Gasteiger partial charge >= 0.3 is 0 Å². The van der Waals surface area contributed by atoms with Crippen molar-refractivity contribution in [1.29, 1.82) is 21.2 Å². The fourth-order valence-electron chi connectivity index (χ4n) is 4.69. The summed E-state index contributed by atoms with van der Waals surface area (Å²) in [6, 6.07) is 11.9. The normalized spacial score (nSPS) is 26.9. The molecule has 1 fully saturated rings. The summed E-state index contributed by atoms with van der Waals surface area (Å²) >= 11 is 0. The highest BCUT2D eigenvalue weighted by Crippen LogP contribution is 2.53. The van der Waals surface area contributed by atoms with Gasteiger partial charge in [0.15, 0.2) is 16.9 Å². The summed E-state index contributed by atoms with van der Waals surface area (Å²) < 4.78 is 11.4. The van der Waals surface area contributed by atoms with Crippen LogP contribution >= 0.6 is 0 Å². The molecule has 1 aliphatic heterocycles. The highest BCUT2D eigenvalue weighted by molar-refractivity contribution is 6.00. The molecular formula is C23H26N5O2+. The molecule has 1 aromatic rings. The van der Waals surface area contributed by atoms with Crippen molar-refractivity contribution in [2.75, 3.05) is 33.4 Å². The SMILES string of the molecule is CCOc1ccc([C@H]2[C@@H]3C[NH+](C)CC=C3[C@@H](C#N)C(=N)C2(C#N)C#N)cc1OCC. The quantitative estimate of drug-likeness (QED) is 0.726. The zero-order valence-electron chi connectivity index (χ0n) is 17.5. The molecule has 1 heterocycles. The maximum Gasteiger partial charge on any atom is 0.189 e. The Bertz CT molecular complexity index is 980. The Morgan fingerprint density at radius 2 is 1.80 bits per heavy atom. The second-order valence-corrected chi connectivity index (χ2v) is 7.73. The number of nitrogens with one attached hydrogen (secondary N) is 2. The summed E-state index contributed by atoms with van der Waals surface area (Å²) in [5.41, 5.74) is -0.242. The maximum atomic E-state index is 10.1. The topological polar surface area (TPSA) is 118 Å². The molecule has 1 aliphatic carbocycles. The molecule has 2 aliphatic rings. The van der Waals surface area contributed by atoms with Crippen LogP contribution in [0, 0.1) is 56.7 Å². The lowest BCUT2D eigenvalue weighted by Crippen LogP contribution is -3.10. The van der Waals surface area contributed by atoms with E-state index in [2.05, 4.69) is 25.3 Å². The van der Waals surface area contributed by atoms with Crippen molar-refractivity contribution in [2.24, 2.45) is 17.3 Å². The lowest BCUT2D eigenvalue weighted by Gasteiger charge is -2.46. The summed E-state index contributed by atoms with van der Waals surface area (Å²) in [7, 11) is 2.05. The second-order valence-electron chi connectivity index (χ2n) is 7.73. The van der Waals surface area contributed by atoms with Crippen LogP contribution in [0.3, 0.4) is 0 Å². The van der Waals surface area contributed by atoms with Gasteiger partial charge in [0.1, 0.15) is 5.92 Å². The summed E-state index contributed by atoms with van der Waals surface area (Å²) in [5.74, 6) is -0.443. The maximum absolute atomic E-state index is 10.1. The van der Waals surface area contributed by atoms with Crippen LogP contribution in [0.1, 0.15) is 25.3 Å². The van der Waals surface area contributed by atoms with Gasteiger partial charge in [-0.3, -0.25) is 0 Å². The molecule has 0 spiro atoms. The smallest absolute Gasteiger partial charge is 0.189 e. The molecule has 1 unspecified atom stereocenters. The van der Waals surface area contributed by atoms with Gasteiger partial charge in [0.05, 0.1) is 57.3 Å². The van der Waals surface area contributed by atoms with E-state index in [1.54, 1.807) is 6.07 Å². The standard InChI is InChI=1S/C23H25N5O2/c1-4-29-19-7-6-15(10-20(19)30-5-2)21-18-12-28(3)9-8-16(18)17(11-24)22(27)23(21,13-25)14-26/h6-8,10,17-18,21,27H,4-5,9,12H2,1-3H3/p+1/t17-,18-,21+/m1/s1. The number of hydrogen-bond donors (Lipinski definition) is 2. The van der Waals surface area contributed by atoms with Gasteiger partial charge in [-0.05, 0) is 43.2 Å². The Balaban J connectivity index is 2.23. The van der Waals surface area contributed by atoms with Gasteiger partial charge in [0, 0.05) is 11.8 Å². The molecule has 30 heavy (non-hydrogen) atoms. The van der Waals surface area contributed by atoms with Gasteiger partial charge in [-0.25, -0.2) is 0 Å².